The van der Waals surface area contributed by atoms with E-state index in [0.29, 0.717) is 0 Å². The molecular formula is C5H6N3. The van der Waals surface area contributed by atoms with Gasteiger partial charge >= 0.3 is 0 Å². The first-order valence-corrected chi connectivity index (χ1v) is 2.29. The van der Waals surface area contributed by atoms with Gasteiger partial charge in [-0.2, -0.15) is 0 Å². The first-order valence-electron chi connectivity index (χ1n) is 2.29. The van der Waals surface area contributed by atoms with Crippen LogP contribution in [0.3, 0.4) is 0 Å². The van der Waals surface area contributed by atoms with Gasteiger partial charge in [-0.05, 0) is 0 Å². The molecule has 0 bridgehead atoms. The maximum Gasteiger partial charge on any atom is 0.129 e. The summed E-state index contributed by atoms with van der Waals surface area (Å²) in [6.45, 7) is 0. The summed E-state index contributed by atoms with van der Waals surface area (Å²) < 4.78 is 0. The summed E-state index contributed by atoms with van der Waals surface area (Å²) in [7, 11) is 1.80. The molecule has 1 heterocycles. The van der Waals surface area contributed by atoms with Crippen molar-refractivity contribution in [1.29, 1.82) is 0 Å². The number of hydrogen-bond acceptors (Lipinski definition) is 3. The lowest BCUT2D eigenvalue weighted by molar-refractivity contribution is 1.15. The molecule has 0 unspecified atom stereocenters. The van der Waals surface area contributed by atoms with Crippen molar-refractivity contribution in [2.45, 2.75) is 0 Å². The van der Waals surface area contributed by atoms with Crippen molar-refractivity contribution in [3.05, 3.63) is 18.6 Å². The lowest BCUT2D eigenvalue weighted by atomic mass is 10.6. The lowest BCUT2D eigenvalue weighted by Crippen LogP contribution is -1.90. The highest BCUT2D eigenvalue weighted by Crippen LogP contribution is 1.92. The van der Waals surface area contributed by atoms with Crippen LogP contribution >= 0.6 is 0 Å². The van der Waals surface area contributed by atoms with Crippen LogP contribution in [-0.2, 0) is 0 Å². The van der Waals surface area contributed by atoms with Gasteiger partial charge in [-0.1, -0.05) is 0 Å². The molecule has 1 rings (SSSR count). The van der Waals surface area contributed by atoms with Crippen LogP contribution in [0.5, 0.6) is 0 Å². The van der Waals surface area contributed by atoms with Crippen LogP contribution in [0, 0.1) is 6.20 Å². The van der Waals surface area contributed by atoms with E-state index in [4.69, 9.17) is 0 Å². The third-order valence-corrected chi connectivity index (χ3v) is 0.787. The number of nitrogens with one attached hydrogen (secondary N) is 1. The van der Waals surface area contributed by atoms with Gasteiger partial charge in [0.05, 0.1) is 6.20 Å². The summed E-state index contributed by atoms with van der Waals surface area (Å²) in [6, 6.07) is 1.68. The Bertz CT molecular complexity index is 149. The van der Waals surface area contributed by atoms with Gasteiger partial charge in [0, 0.05) is 13.1 Å². The van der Waals surface area contributed by atoms with Crippen molar-refractivity contribution in [1.82, 2.24) is 9.97 Å². The van der Waals surface area contributed by atoms with Crippen molar-refractivity contribution in [3.63, 3.8) is 0 Å². The molecule has 0 atom stereocenters. The van der Waals surface area contributed by atoms with Crippen LogP contribution in [0.4, 0.5) is 5.82 Å². The molecule has 1 radical (unpaired) electrons. The average Bonchev–Trinajstić information content (AvgIpc) is 1.90. The maximum atomic E-state index is 3.84. The molecule has 41 valence electrons. The van der Waals surface area contributed by atoms with Crippen LogP contribution in [0.1, 0.15) is 0 Å². The van der Waals surface area contributed by atoms with Crippen LogP contribution in [-0.4, -0.2) is 17.0 Å². The maximum absolute atomic E-state index is 3.84. The molecule has 0 spiro atoms. The SMILES string of the molecule is CNc1c[c]ncn1. The summed E-state index contributed by atoms with van der Waals surface area (Å²) in [4.78, 5) is 7.46. The van der Waals surface area contributed by atoms with E-state index in [1.807, 2.05) is 0 Å². The minimum Gasteiger partial charge on any atom is -0.373 e. The smallest absolute Gasteiger partial charge is 0.129 e. The Morgan fingerprint density at radius 2 is 2.62 bits per heavy atom. The molecular weight excluding hydrogens is 102 g/mol. The summed E-state index contributed by atoms with van der Waals surface area (Å²) >= 11 is 0. The number of nitrogens with zero attached hydrogens (tertiary/aromatic N) is 2. The Morgan fingerprint density at radius 3 is 3.00 bits per heavy atom. The molecule has 1 aromatic rings. The van der Waals surface area contributed by atoms with Crippen molar-refractivity contribution >= 4 is 5.82 Å². The van der Waals surface area contributed by atoms with E-state index in [2.05, 4.69) is 21.5 Å². The zero-order valence-electron chi connectivity index (χ0n) is 4.55. The van der Waals surface area contributed by atoms with E-state index in [9.17, 15) is 0 Å². The van der Waals surface area contributed by atoms with Gasteiger partial charge < -0.3 is 5.32 Å². The minimum absolute atomic E-state index is 0.792. The van der Waals surface area contributed by atoms with Crippen molar-refractivity contribution < 1.29 is 0 Å². The quantitative estimate of drug-likeness (QED) is 0.563. The number of anilines is 1. The van der Waals surface area contributed by atoms with Crippen LogP contribution in [0.2, 0.25) is 0 Å². The lowest BCUT2D eigenvalue weighted by Gasteiger charge is -1.91. The van der Waals surface area contributed by atoms with Gasteiger partial charge in [0.1, 0.15) is 12.1 Å². The predicted molar refractivity (Wildman–Crippen MR) is 30.4 cm³/mol. The second kappa shape index (κ2) is 2.26. The molecule has 0 amide bonds. The predicted octanol–water partition coefficient (Wildman–Crippen LogP) is 0.318. The molecule has 0 aliphatic carbocycles. The second-order valence-corrected chi connectivity index (χ2v) is 1.28. The van der Waals surface area contributed by atoms with Gasteiger partial charge in [-0.15, -0.1) is 0 Å². The third-order valence-electron chi connectivity index (χ3n) is 0.787. The molecule has 0 aliphatic heterocycles. The van der Waals surface area contributed by atoms with E-state index in [0.717, 1.165) is 5.82 Å². The number of aromatic nitrogens is 2. The molecule has 0 saturated heterocycles. The fourth-order valence-corrected chi connectivity index (χ4v) is 0.397. The zero-order valence-corrected chi connectivity index (χ0v) is 4.55. The summed E-state index contributed by atoms with van der Waals surface area (Å²) in [5, 5.41) is 2.84. The van der Waals surface area contributed by atoms with Crippen molar-refractivity contribution in [2.75, 3.05) is 12.4 Å². The first-order chi connectivity index (χ1) is 3.93. The highest BCUT2D eigenvalue weighted by molar-refractivity contribution is 5.29. The summed E-state index contributed by atoms with van der Waals surface area (Å²) in [5.74, 6) is 0.792. The van der Waals surface area contributed by atoms with Gasteiger partial charge in [0.2, 0.25) is 0 Å². The van der Waals surface area contributed by atoms with E-state index in [-0.39, 0.29) is 0 Å². The monoisotopic (exact) mass is 108 g/mol. The first kappa shape index (κ1) is 5.03. The molecule has 0 saturated carbocycles. The molecule has 1 aromatic heterocycles. The van der Waals surface area contributed by atoms with Crippen molar-refractivity contribution in [2.24, 2.45) is 0 Å². The van der Waals surface area contributed by atoms with Gasteiger partial charge in [-0.3, -0.25) is 0 Å². The molecule has 0 fully saturated rings. The van der Waals surface area contributed by atoms with Crippen LogP contribution < -0.4 is 5.32 Å². The summed E-state index contributed by atoms with van der Waals surface area (Å²) in [6.07, 6.45) is 4.09. The Balaban J connectivity index is 2.83. The van der Waals surface area contributed by atoms with Crippen LogP contribution in [0.25, 0.3) is 0 Å². The molecule has 8 heavy (non-hydrogen) atoms. The van der Waals surface area contributed by atoms with E-state index in [1.165, 1.54) is 6.33 Å². The largest absolute Gasteiger partial charge is 0.373 e. The van der Waals surface area contributed by atoms with E-state index >= 15 is 0 Å². The molecule has 0 aromatic carbocycles. The summed E-state index contributed by atoms with van der Waals surface area (Å²) in [5.41, 5.74) is 0. The van der Waals surface area contributed by atoms with Gasteiger partial charge in [0.25, 0.3) is 0 Å². The second-order valence-electron chi connectivity index (χ2n) is 1.28. The van der Waals surface area contributed by atoms with E-state index < -0.39 is 0 Å². The Kier molecular flexibility index (Phi) is 1.42. The van der Waals surface area contributed by atoms with Crippen LogP contribution in [0.15, 0.2) is 12.4 Å². The normalized spacial score (nSPS) is 8.62. The van der Waals surface area contributed by atoms with Gasteiger partial charge in [0.15, 0.2) is 0 Å². The van der Waals surface area contributed by atoms with E-state index in [1.54, 1.807) is 13.1 Å². The highest BCUT2D eigenvalue weighted by atomic mass is 15.0. The molecule has 1 N–H and O–H groups in total. The Morgan fingerprint density at radius 1 is 1.75 bits per heavy atom. The average molecular weight is 108 g/mol. The fraction of sp³-hybridized carbons (Fsp3) is 0.200. The minimum atomic E-state index is 0.792. The number of rotatable bonds is 1. The molecule has 3 nitrogen and oxygen atoms in total. The highest BCUT2D eigenvalue weighted by Gasteiger charge is 1.81. The number of hydrogen-bond donors (Lipinski definition) is 1. The molecule has 3 heteroatoms. The topological polar surface area (TPSA) is 37.8 Å². The molecule has 0 aliphatic rings. The standard InChI is InChI=1S/C5H6N3/c1-6-5-2-3-7-4-8-5/h2,4H,1H3,(H,6,7,8). The zero-order chi connectivity index (χ0) is 5.82. The Hall–Kier alpha value is -1.12. The van der Waals surface area contributed by atoms with Crippen molar-refractivity contribution in [3.8, 4) is 0 Å². The Labute approximate surface area is 47.8 Å². The fourth-order valence-electron chi connectivity index (χ4n) is 0.397. The third kappa shape index (κ3) is 0.932. The van der Waals surface area contributed by atoms with Gasteiger partial charge in [-0.25, -0.2) is 9.97 Å².